The van der Waals surface area contributed by atoms with Gasteiger partial charge in [0, 0.05) is 12.3 Å². The molecule has 0 spiro atoms. The van der Waals surface area contributed by atoms with E-state index in [9.17, 15) is 4.79 Å². The van der Waals surface area contributed by atoms with Gasteiger partial charge in [0.05, 0.1) is 0 Å². The molecule has 0 heterocycles. The van der Waals surface area contributed by atoms with Gasteiger partial charge in [0.25, 0.3) is 0 Å². The van der Waals surface area contributed by atoms with E-state index < -0.39 is 0 Å². The number of carbonyl (C=O) groups excluding carboxylic acids is 1. The Kier molecular flexibility index (Phi) is 3.37. The Balaban J connectivity index is 1.71. The van der Waals surface area contributed by atoms with Crippen LogP contribution in [0.25, 0.3) is 0 Å². The summed E-state index contributed by atoms with van der Waals surface area (Å²) in [5, 5.41) is 0. The molecule has 1 unspecified atom stereocenters. The predicted molar refractivity (Wildman–Crippen MR) is 90.4 cm³/mol. The van der Waals surface area contributed by atoms with Crippen LogP contribution >= 0.6 is 0 Å². The minimum absolute atomic E-state index is 0.220. The number of ketones is 1. The summed E-state index contributed by atoms with van der Waals surface area (Å²) in [5.41, 5.74) is 0.545. The lowest BCUT2D eigenvalue weighted by Gasteiger charge is -2.59. The molecule has 0 aromatic carbocycles. The molecular formula is C21H32O. The Morgan fingerprint density at radius 3 is 2.64 bits per heavy atom. The van der Waals surface area contributed by atoms with E-state index in [1.807, 2.05) is 0 Å². The van der Waals surface area contributed by atoms with Crippen LogP contribution in [0, 0.1) is 40.4 Å². The molecule has 0 aromatic rings. The molecule has 4 saturated carbocycles. The molecule has 0 aromatic heterocycles. The number of rotatable bonds is 1. The van der Waals surface area contributed by atoms with Crippen molar-refractivity contribution in [2.45, 2.75) is 71.6 Å². The number of hydrogen-bond donors (Lipinski definition) is 0. The molecule has 1 nitrogen and oxygen atoms in total. The summed E-state index contributed by atoms with van der Waals surface area (Å²) in [6, 6.07) is 0. The van der Waals surface area contributed by atoms with Crippen LogP contribution in [0.1, 0.15) is 71.6 Å². The van der Waals surface area contributed by atoms with Crippen molar-refractivity contribution in [2.75, 3.05) is 0 Å². The molecule has 4 aliphatic rings. The average Bonchev–Trinajstić information content (AvgIpc) is 2.82. The van der Waals surface area contributed by atoms with E-state index in [1.54, 1.807) is 0 Å². The average molecular weight is 300 g/mol. The van der Waals surface area contributed by atoms with Crippen molar-refractivity contribution in [3.63, 3.8) is 0 Å². The molecule has 4 rings (SSSR count). The fourth-order valence-electron chi connectivity index (χ4n) is 7.53. The first-order valence-corrected chi connectivity index (χ1v) is 9.66. The Morgan fingerprint density at radius 1 is 1.05 bits per heavy atom. The summed E-state index contributed by atoms with van der Waals surface area (Å²) in [6.45, 7) is 8.96. The van der Waals surface area contributed by atoms with Crippen LogP contribution in [0.4, 0.5) is 0 Å². The molecule has 0 saturated heterocycles. The molecule has 122 valence electrons. The highest BCUT2D eigenvalue weighted by atomic mass is 16.1. The molecule has 7 atom stereocenters. The second-order valence-electron chi connectivity index (χ2n) is 9.34. The van der Waals surface area contributed by atoms with Gasteiger partial charge >= 0.3 is 0 Å². The van der Waals surface area contributed by atoms with Gasteiger partial charge in [-0.25, -0.2) is 0 Å². The number of carbonyl (C=O) groups is 1. The third-order valence-corrected chi connectivity index (χ3v) is 8.62. The zero-order chi connectivity index (χ0) is 15.5. The number of hydrogen-bond acceptors (Lipinski definition) is 1. The van der Waals surface area contributed by atoms with Gasteiger partial charge in [-0.1, -0.05) is 32.8 Å². The van der Waals surface area contributed by atoms with E-state index in [0.29, 0.717) is 29.0 Å². The van der Waals surface area contributed by atoms with Gasteiger partial charge in [-0.15, -0.1) is 6.58 Å². The van der Waals surface area contributed by atoms with E-state index in [-0.39, 0.29) is 5.41 Å². The van der Waals surface area contributed by atoms with E-state index >= 15 is 0 Å². The highest BCUT2D eigenvalue weighted by Crippen LogP contribution is 2.66. The minimum Gasteiger partial charge on any atom is -0.299 e. The zero-order valence-electron chi connectivity index (χ0n) is 14.4. The lowest BCUT2D eigenvalue weighted by molar-refractivity contribution is -0.156. The highest BCUT2D eigenvalue weighted by Gasteiger charge is 2.62. The number of Topliss-reactive ketones (excluding diaryl/α,β-unsaturated/α-hetero) is 1. The molecule has 4 fully saturated rings. The molecule has 0 radical (unpaired) electrons. The summed E-state index contributed by atoms with van der Waals surface area (Å²) >= 11 is 0. The van der Waals surface area contributed by atoms with Crippen molar-refractivity contribution >= 4 is 5.78 Å². The molecule has 0 bridgehead atoms. The van der Waals surface area contributed by atoms with E-state index in [0.717, 1.165) is 18.3 Å². The first kappa shape index (κ1) is 15.0. The maximum atomic E-state index is 13.3. The van der Waals surface area contributed by atoms with Crippen LogP contribution in [-0.2, 0) is 4.79 Å². The van der Waals surface area contributed by atoms with Crippen LogP contribution in [0.2, 0.25) is 0 Å². The van der Waals surface area contributed by atoms with Crippen LogP contribution in [0.15, 0.2) is 12.7 Å². The van der Waals surface area contributed by atoms with Crippen LogP contribution in [0.5, 0.6) is 0 Å². The summed E-state index contributed by atoms with van der Waals surface area (Å²) < 4.78 is 0. The summed E-state index contributed by atoms with van der Waals surface area (Å²) in [5.74, 6) is 3.85. The lowest BCUT2D eigenvalue weighted by Crippen LogP contribution is -2.56. The quantitative estimate of drug-likeness (QED) is 0.592. The van der Waals surface area contributed by atoms with Crippen molar-refractivity contribution < 1.29 is 4.79 Å². The molecule has 0 amide bonds. The number of allylic oxidation sites excluding steroid dienone is 1. The molecule has 4 aliphatic carbocycles. The zero-order valence-corrected chi connectivity index (χ0v) is 14.4. The van der Waals surface area contributed by atoms with Gasteiger partial charge in [-0.2, -0.15) is 0 Å². The summed E-state index contributed by atoms with van der Waals surface area (Å²) in [6.07, 6.45) is 13.7. The van der Waals surface area contributed by atoms with Gasteiger partial charge in [0.2, 0.25) is 0 Å². The van der Waals surface area contributed by atoms with Crippen molar-refractivity contribution in [3.8, 4) is 0 Å². The van der Waals surface area contributed by atoms with Crippen molar-refractivity contribution in [2.24, 2.45) is 40.4 Å². The fraction of sp³-hybridized carbons (Fsp3) is 0.857. The Bertz CT molecular complexity index is 494. The topological polar surface area (TPSA) is 17.1 Å². The fourth-order valence-corrected chi connectivity index (χ4v) is 7.53. The Morgan fingerprint density at radius 2 is 1.86 bits per heavy atom. The SMILES string of the molecule is C=C[C@H]1CC[C@H]2[C@@H]3CCC4CCCC[C@]4(C)[C@H]3C(=O)C[C@]12C. The highest BCUT2D eigenvalue weighted by molar-refractivity contribution is 5.84. The van der Waals surface area contributed by atoms with Gasteiger partial charge in [-0.3, -0.25) is 4.79 Å². The first-order chi connectivity index (χ1) is 10.5. The second-order valence-corrected chi connectivity index (χ2v) is 9.34. The van der Waals surface area contributed by atoms with E-state index in [4.69, 9.17) is 0 Å². The normalized spacial score (nSPS) is 54.3. The smallest absolute Gasteiger partial charge is 0.137 e. The van der Waals surface area contributed by atoms with Gasteiger partial charge in [0.15, 0.2) is 0 Å². The molecular weight excluding hydrogens is 268 g/mol. The van der Waals surface area contributed by atoms with Crippen LogP contribution < -0.4 is 0 Å². The second kappa shape index (κ2) is 4.95. The largest absolute Gasteiger partial charge is 0.299 e. The monoisotopic (exact) mass is 300 g/mol. The van der Waals surface area contributed by atoms with E-state index in [2.05, 4.69) is 26.5 Å². The standard InChI is InChI=1S/C21H32O/c1-4-14-9-11-17-16-10-8-15-7-5-6-12-20(15,2)19(16)18(22)13-21(14,17)3/h4,14-17,19H,1,5-13H2,2-3H3/t14-,15?,16-,17-,19+,20-,21+/m0/s1. The predicted octanol–water partition coefficient (Wildman–Crippen LogP) is 5.40. The molecule has 0 N–H and O–H groups in total. The third kappa shape index (κ3) is 1.80. The maximum absolute atomic E-state index is 13.3. The lowest BCUT2D eigenvalue weighted by atomic mass is 9.44. The summed E-state index contributed by atoms with van der Waals surface area (Å²) in [4.78, 5) is 13.3. The maximum Gasteiger partial charge on any atom is 0.137 e. The molecule has 22 heavy (non-hydrogen) atoms. The van der Waals surface area contributed by atoms with Crippen molar-refractivity contribution in [3.05, 3.63) is 12.7 Å². The van der Waals surface area contributed by atoms with Gasteiger partial charge in [-0.05, 0) is 73.0 Å². The van der Waals surface area contributed by atoms with Gasteiger partial charge in [0.1, 0.15) is 5.78 Å². The summed E-state index contributed by atoms with van der Waals surface area (Å²) in [7, 11) is 0. The third-order valence-electron chi connectivity index (χ3n) is 8.62. The molecule has 1 heteroatoms. The van der Waals surface area contributed by atoms with Crippen molar-refractivity contribution in [1.29, 1.82) is 0 Å². The Labute approximate surface area is 135 Å². The number of fused-ring (bicyclic) bond motifs is 5. The van der Waals surface area contributed by atoms with Crippen LogP contribution in [-0.4, -0.2) is 5.78 Å². The minimum atomic E-state index is 0.220. The van der Waals surface area contributed by atoms with E-state index in [1.165, 1.54) is 51.4 Å². The van der Waals surface area contributed by atoms with Crippen molar-refractivity contribution in [1.82, 2.24) is 0 Å². The van der Waals surface area contributed by atoms with Crippen LogP contribution in [0.3, 0.4) is 0 Å². The van der Waals surface area contributed by atoms with Gasteiger partial charge < -0.3 is 0 Å². The Hall–Kier alpha value is -0.590. The first-order valence-electron chi connectivity index (χ1n) is 9.66. The molecule has 0 aliphatic heterocycles.